The average molecular weight is 341 g/mol. The molecule has 0 bridgehead atoms. The van der Waals surface area contributed by atoms with Gasteiger partial charge in [0.25, 0.3) is 0 Å². The van der Waals surface area contributed by atoms with Crippen LogP contribution in [0.3, 0.4) is 0 Å². The van der Waals surface area contributed by atoms with E-state index >= 15 is 0 Å². The number of rotatable bonds is 5. The van der Waals surface area contributed by atoms with Crippen molar-refractivity contribution < 1.29 is 27.8 Å². The molecule has 2 heterocycles. The highest BCUT2D eigenvalue weighted by Crippen LogP contribution is 2.36. The molecule has 0 amide bonds. The molecular weight excluding hydrogens is 322 g/mol. The van der Waals surface area contributed by atoms with Gasteiger partial charge in [-0.3, -0.25) is 4.79 Å². The van der Waals surface area contributed by atoms with Gasteiger partial charge in [-0.25, -0.2) is 8.42 Å². The predicted molar refractivity (Wildman–Crippen MR) is 80.5 cm³/mol. The second-order valence-corrected chi connectivity index (χ2v) is 7.96. The molecule has 0 spiro atoms. The summed E-state index contributed by atoms with van der Waals surface area (Å²) in [5.74, 6) is -1.04. The smallest absolute Gasteiger partial charge is 0.314 e. The van der Waals surface area contributed by atoms with Crippen LogP contribution in [-0.2, 0) is 37.3 Å². The Morgan fingerprint density at radius 3 is 2.78 bits per heavy atom. The lowest BCUT2D eigenvalue weighted by Gasteiger charge is -2.45. The predicted octanol–water partition coefficient (Wildman–Crippen LogP) is 0.481. The number of carbonyl (C=O) groups is 1. The summed E-state index contributed by atoms with van der Waals surface area (Å²) in [5.41, 5.74) is 0.816. The van der Waals surface area contributed by atoms with Gasteiger partial charge in [0.1, 0.15) is 5.41 Å². The molecule has 23 heavy (non-hydrogen) atoms. The standard InChI is InChI=1S/C15H19NO6S/c1-21-10-15(14(17)18)8-16(9-15)23(19,20)13-3-2-11-4-5-22-7-12(11)6-13/h2-3,6H,4-5,7-10H2,1H3,(H,17,18). The summed E-state index contributed by atoms with van der Waals surface area (Å²) in [6.45, 7) is 0.884. The summed E-state index contributed by atoms with van der Waals surface area (Å²) in [4.78, 5) is 11.6. The SMILES string of the molecule is COCC1(C(=O)O)CN(S(=O)(=O)c2ccc3c(c2)COCC3)C1. The molecule has 126 valence electrons. The zero-order valence-corrected chi connectivity index (χ0v) is 13.6. The fourth-order valence-electron chi connectivity index (χ4n) is 3.02. The summed E-state index contributed by atoms with van der Waals surface area (Å²) >= 11 is 0. The van der Waals surface area contributed by atoms with E-state index in [1.165, 1.54) is 11.4 Å². The van der Waals surface area contributed by atoms with Gasteiger partial charge in [-0.2, -0.15) is 4.31 Å². The van der Waals surface area contributed by atoms with Gasteiger partial charge < -0.3 is 14.6 Å². The molecule has 0 aliphatic carbocycles. The second kappa shape index (κ2) is 5.86. The number of carboxylic acids is 1. The van der Waals surface area contributed by atoms with E-state index in [-0.39, 0.29) is 24.6 Å². The maximum absolute atomic E-state index is 12.7. The van der Waals surface area contributed by atoms with Crippen molar-refractivity contribution in [2.45, 2.75) is 17.9 Å². The van der Waals surface area contributed by atoms with Gasteiger partial charge in [0.05, 0.1) is 24.7 Å². The lowest BCUT2D eigenvalue weighted by Crippen LogP contribution is -2.63. The number of nitrogens with zero attached hydrogens (tertiary/aromatic N) is 1. The first-order valence-corrected chi connectivity index (χ1v) is 8.75. The third-order valence-electron chi connectivity index (χ3n) is 4.42. The Balaban J connectivity index is 1.82. The van der Waals surface area contributed by atoms with Crippen LogP contribution in [0.15, 0.2) is 23.1 Å². The first-order valence-electron chi connectivity index (χ1n) is 7.31. The molecule has 0 atom stereocenters. The van der Waals surface area contributed by atoms with Crippen LogP contribution in [0.2, 0.25) is 0 Å². The van der Waals surface area contributed by atoms with E-state index in [1.807, 2.05) is 6.07 Å². The minimum atomic E-state index is -3.70. The van der Waals surface area contributed by atoms with Crippen molar-refractivity contribution in [1.82, 2.24) is 4.31 Å². The van der Waals surface area contributed by atoms with Crippen LogP contribution in [0, 0.1) is 5.41 Å². The number of fused-ring (bicyclic) bond motifs is 1. The number of methoxy groups -OCH3 is 1. The second-order valence-electron chi connectivity index (χ2n) is 6.02. The lowest BCUT2D eigenvalue weighted by molar-refractivity contribution is -0.161. The molecule has 0 aromatic heterocycles. The average Bonchev–Trinajstić information content (AvgIpc) is 2.49. The third-order valence-corrected chi connectivity index (χ3v) is 6.21. The highest BCUT2D eigenvalue weighted by Gasteiger charge is 2.54. The Bertz CT molecular complexity index is 723. The molecule has 2 aliphatic rings. The fraction of sp³-hybridized carbons (Fsp3) is 0.533. The largest absolute Gasteiger partial charge is 0.481 e. The molecule has 2 aliphatic heterocycles. The van der Waals surface area contributed by atoms with Crippen LogP contribution in [0.5, 0.6) is 0 Å². The van der Waals surface area contributed by atoms with Crippen molar-refractivity contribution in [2.24, 2.45) is 5.41 Å². The van der Waals surface area contributed by atoms with E-state index in [1.54, 1.807) is 12.1 Å². The topological polar surface area (TPSA) is 93.1 Å². The van der Waals surface area contributed by atoms with E-state index < -0.39 is 21.4 Å². The first kappa shape index (κ1) is 16.4. The normalized spacial score (nSPS) is 20.6. The number of sulfonamides is 1. The Hall–Kier alpha value is -1.48. The van der Waals surface area contributed by atoms with Crippen LogP contribution >= 0.6 is 0 Å². The number of hydrogen-bond acceptors (Lipinski definition) is 5. The summed E-state index contributed by atoms with van der Waals surface area (Å²) in [6, 6.07) is 5.02. The quantitative estimate of drug-likeness (QED) is 0.837. The summed E-state index contributed by atoms with van der Waals surface area (Å²) in [6.07, 6.45) is 0.773. The molecule has 0 unspecified atom stereocenters. The summed E-state index contributed by atoms with van der Waals surface area (Å²) in [7, 11) is -2.29. The van der Waals surface area contributed by atoms with Gasteiger partial charge in [-0.15, -0.1) is 0 Å². The molecule has 3 rings (SSSR count). The molecule has 8 heteroatoms. The van der Waals surface area contributed by atoms with Crippen molar-refractivity contribution >= 4 is 16.0 Å². The van der Waals surface area contributed by atoms with Gasteiger partial charge in [-0.1, -0.05) is 6.07 Å². The van der Waals surface area contributed by atoms with Crippen LogP contribution in [0.4, 0.5) is 0 Å². The monoisotopic (exact) mass is 341 g/mol. The Labute approximate surface area is 134 Å². The Morgan fingerprint density at radius 1 is 1.39 bits per heavy atom. The minimum absolute atomic E-state index is 0.00756. The first-order chi connectivity index (χ1) is 10.9. The third kappa shape index (κ3) is 2.76. The molecule has 0 saturated carbocycles. The Morgan fingerprint density at radius 2 is 2.13 bits per heavy atom. The van der Waals surface area contributed by atoms with Crippen LogP contribution in [-0.4, -0.2) is 57.2 Å². The lowest BCUT2D eigenvalue weighted by atomic mass is 9.83. The zero-order valence-electron chi connectivity index (χ0n) is 12.8. The molecule has 1 aromatic rings. The molecular formula is C15H19NO6S. The van der Waals surface area contributed by atoms with Crippen LogP contribution in [0.25, 0.3) is 0 Å². The van der Waals surface area contributed by atoms with Crippen molar-refractivity contribution in [2.75, 3.05) is 33.4 Å². The van der Waals surface area contributed by atoms with E-state index in [0.717, 1.165) is 17.5 Å². The van der Waals surface area contributed by atoms with Crippen molar-refractivity contribution in [1.29, 1.82) is 0 Å². The van der Waals surface area contributed by atoms with E-state index in [9.17, 15) is 18.3 Å². The molecule has 1 aromatic carbocycles. The van der Waals surface area contributed by atoms with E-state index in [4.69, 9.17) is 9.47 Å². The Kier molecular flexibility index (Phi) is 4.18. The van der Waals surface area contributed by atoms with Gasteiger partial charge in [0.15, 0.2) is 0 Å². The summed E-state index contributed by atoms with van der Waals surface area (Å²) < 4.78 is 36.8. The van der Waals surface area contributed by atoms with E-state index in [0.29, 0.717) is 13.2 Å². The van der Waals surface area contributed by atoms with Gasteiger partial charge in [-0.05, 0) is 29.7 Å². The molecule has 1 saturated heterocycles. The highest BCUT2D eigenvalue weighted by atomic mass is 32.2. The van der Waals surface area contributed by atoms with E-state index in [2.05, 4.69) is 0 Å². The van der Waals surface area contributed by atoms with Crippen molar-refractivity contribution in [3.05, 3.63) is 29.3 Å². The molecule has 1 N–H and O–H groups in total. The summed E-state index contributed by atoms with van der Waals surface area (Å²) in [5, 5.41) is 9.31. The molecule has 1 fully saturated rings. The van der Waals surface area contributed by atoms with Crippen LogP contribution in [0.1, 0.15) is 11.1 Å². The number of ether oxygens (including phenoxy) is 2. The zero-order chi connectivity index (χ0) is 16.7. The van der Waals surface area contributed by atoms with Gasteiger partial charge in [0, 0.05) is 20.2 Å². The molecule has 7 nitrogen and oxygen atoms in total. The van der Waals surface area contributed by atoms with Gasteiger partial charge >= 0.3 is 5.97 Å². The number of aliphatic carboxylic acids is 1. The van der Waals surface area contributed by atoms with Crippen molar-refractivity contribution in [3.8, 4) is 0 Å². The van der Waals surface area contributed by atoms with Gasteiger partial charge in [0.2, 0.25) is 10.0 Å². The fourth-order valence-corrected chi connectivity index (χ4v) is 4.68. The number of benzene rings is 1. The maximum Gasteiger partial charge on any atom is 0.314 e. The number of carboxylic acid groups (broad SMARTS) is 1. The molecule has 0 radical (unpaired) electrons. The maximum atomic E-state index is 12.7. The number of hydrogen-bond donors (Lipinski definition) is 1. The minimum Gasteiger partial charge on any atom is -0.481 e. The van der Waals surface area contributed by atoms with Crippen molar-refractivity contribution in [3.63, 3.8) is 0 Å². The highest BCUT2D eigenvalue weighted by molar-refractivity contribution is 7.89. The van der Waals surface area contributed by atoms with Crippen LogP contribution < -0.4 is 0 Å².